The molecule has 0 atom stereocenters. The van der Waals surface area contributed by atoms with Crippen LogP contribution in [0.2, 0.25) is 6.32 Å². The average Bonchev–Trinajstić information content (AvgIpc) is 1.41. The molecule has 0 amide bonds. The molecule has 0 rings (SSSR count). The van der Waals surface area contributed by atoms with Gasteiger partial charge in [-0.1, -0.05) is 19.7 Å². The maximum atomic E-state index is 5.18. The minimum Gasteiger partial charge on any atom is -0.204 e. The molecule has 0 N–H and O–H groups in total. The Hall–Kier alpha value is 0.355. The summed E-state index contributed by atoms with van der Waals surface area (Å²) in [7, 11) is 0. The fourth-order valence-electron chi connectivity index (χ4n) is 0.109. The molecule has 0 saturated heterocycles. The molecular formula is C3H7BCl. The van der Waals surface area contributed by atoms with Crippen molar-refractivity contribution in [3.63, 3.8) is 0 Å². The Morgan fingerprint density at radius 3 is 2.40 bits per heavy atom. The van der Waals surface area contributed by atoms with Crippen molar-refractivity contribution in [2.75, 3.05) is 0 Å². The van der Waals surface area contributed by atoms with Crippen molar-refractivity contribution in [3.05, 3.63) is 0 Å². The van der Waals surface area contributed by atoms with Gasteiger partial charge < -0.3 is 0 Å². The van der Waals surface area contributed by atoms with Crippen LogP contribution in [-0.2, 0) is 0 Å². The van der Waals surface area contributed by atoms with Crippen molar-refractivity contribution >= 4 is 18.2 Å². The normalized spacial score (nSPS) is 7.60. The van der Waals surface area contributed by atoms with Gasteiger partial charge in [0.25, 0.3) is 0 Å². The second-order valence-electron chi connectivity index (χ2n) is 0.943. The predicted octanol–water partition coefficient (Wildman–Crippen LogP) is 1.67. The van der Waals surface area contributed by atoms with E-state index in [4.69, 9.17) is 11.5 Å². The molecule has 0 unspecified atom stereocenters. The molecule has 0 fully saturated rings. The zero-order valence-corrected chi connectivity index (χ0v) is 4.13. The first-order valence-electron chi connectivity index (χ1n) is 1.83. The summed E-state index contributed by atoms with van der Waals surface area (Å²) in [6.45, 7) is 3.75. The van der Waals surface area contributed by atoms with Crippen molar-refractivity contribution in [3.8, 4) is 0 Å². The van der Waals surface area contributed by atoms with Gasteiger partial charge in [0.2, 0.25) is 6.69 Å². The Kier molecular flexibility index (Phi) is 4.66. The third-order valence-corrected chi connectivity index (χ3v) is 0.616. The van der Waals surface area contributed by atoms with Crippen LogP contribution in [0.25, 0.3) is 0 Å². The highest BCUT2D eigenvalue weighted by Crippen LogP contribution is 1.85. The van der Waals surface area contributed by atoms with E-state index in [0.29, 0.717) is 0 Å². The highest BCUT2D eigenvalue weighted by Gasteiger charge is 1.74. The molecule has 1 radical (unpaired) electrons. The zero-order chi connectivity index (χ0) is 4.12. The van der Waals surface area contributed by atoms with E-state index in [2.05, 4.69) is 6.92 Å². The Morgan fingerprint density at radius 2 is 2.40 bits per heavy atom. The highest BCUT2D eigenvalue weighted by molar-refractivity contribution is 6.93. The van der Waals surface area contributed by atoms with E-state index in [1.54, 1.807) is 6.69 Å². The lowest BCUT2D eigenvalue weighted by Crippen LogP contribution is -1.69. The summed E-state index contributed by atoms with van der Waals surface area (Å²) in [6.07, 6.45) is 2.19. The van der Waals surface area contributed by atoms with Gasteiger partial charge in [-0.25, -0.2) is 11.5 Å². The molecule has 0 aromatic carbocycles. The molecule has 0 aliphatic heterocycles. The minimum atomic E-state index is 1.03. The molecule has 0 nitrogen and oxygen atoms in total. The lowest BCUT2D eigenvalue weighted by atomic mass is 10.0. The largest absolute Gasteiger partial charge is 0.238 e. The van der Waals surface area contributed by atoms with E-state index >= 15 is 0 Å². The molecule has 0 spiro atoms. The SMILES string of the molecule is CCC[B]Cl. The second-order valence-corrected chi connectivity index (χ2v) is 1.25. The van der Waals surface area contributed by atoms with Gasteiger partial charge in [0, 0.05) is 0 Å². The van der Waals surface area contributed by atoms with Crippen LogP contribution in [0, 0.1) is 0 Å². The van der Waals surface area contributed by atoms with Crippen LogP contribution < -0.4 is 0 Å². The topological polar surface area (TPSA) is 0 Å². The molecule has 0 aromatic heterocycles. The van der Waals surface area contributed by atoms with E-state index < -0.39 is 0 Å². The zero-order valence-electron chi connectivity index (χ0n) is 3.37. The molecule has 0 aliphatic carbocycles. The summed E-state index contributed by atoms with van der Waals surface area (Å²) in [4.78, 5) is 0. The molecule has 2 heteroatoms. The molecule has 0 bridgehead atoms. The van der Waals surface area contributed by atoms with Crippen molar-refractivity contribution in [2.45, 2.75) is 19.7 Å². The van der Waals surface area contributed by atoms with Crippen LogP contribution in [0.4, 0.5) is 0 Å². The monoisotopic (exact) mass is 89.0 g/mol. The van der Waals surface area contributed by atoms with Crippen LogP contribution in [0.1, 0.15) is 13.3 Å². The fraction of sp³-hybridized carbons (Fsp3) is 1.00. The van der Waals surface area contributed by atoms with Crippen LogP contribution >= 0.6 is 11.5 Å². The third-order valence-electron chi connectivity index (χ3n) is 0.398. The summed E-state index contributed by atoms with van der Waals surface area (Å²) >= 11 is 5.18. The van der Waals surface area contributed by atoms with E-state index in [1.807, 2.05) is 0 Å². The molecule has 0 heterocycles. The minimum absolute atomic E-state index is 1.03. The van der Waals surface area contributed by atoms with Crippen LogP contribution in [0.15, 0.2) is 0 Å². The Morgan fingerprint density at radius 1 is 1.80 bits per heavy atom. The summed E-state index contributed by atoms with van der Waals surface area (Å²) < 4.78 is 0. The third kappa shape index (κ3) is 4.35. The summed E-state index contributed by atoms with van der Waals surface area (Å²) in [5, 5.41) is 0. The van der Waals surface area contributed by atoms with Crippen LogP contribution in [-0.4, -0.2) is 6.69 Å². The quantitative estimate of drug-likeness (QED) is 0.452. The lowest BCUT2D eigenvalue weighted by molar-refractivity contribution is 1.08. The van der Waals surface area contributed by atoms with Gasteiger partial charge in [0.05, 0.1) is 0 Å². The molecule has 0 aromatic rings. The first-order chi connectivity index (χ1) is 2.41. The van der Waals surface area contributed by atoms with Crippen molar-refractivity contribution in [1.29, 1.82) is 0 Å². The molecule has 0 aliphatic rings. The van der Waals surface area contributed by atoms with Crippen molar-refractivity contribution in [2.24, 2.45) is 0 Å². The van der Waals surface area contributed by atoms with E-state index in [9.17, 15) is 0 Å². The van der Waals surface area contributed by atoms with Gasteiger partial charge in [0.1, 0.15) is 0 Å². The fourth-order valence-corrected chi connectivity index (χ4v) is 0.327. The maximum Gasteiger partial charge on any atom is 0.238 e. The predicted molar refractivity (Wildman–Crippen MR) is 26.7 cm³/mol. The van der Waals surface area contributed by atoms with Crippen LogP contribution in [0.3, 0.4) is 0 Å². The number of hydrogen-bond acceptors (Lipinski definition) is 0. The van der Waals surface area contributed by atoms with Gasteiger partial charge in [0.15, 0.2) is 0 Å². The van der Waals surface area contributed by atoms with E-state index in [0.717, 1.165) is 12.7 Å². The first-order valence-corrected chi connectivity index (χ1v) is 2.27. The maximum absolute atomic E-state index is 5.18. The molecular weight excluding hydrogens is 82.3 g/mol. The van der Waals surface area contributed by atoms with E-state index in [1.165, 1.54) is 0 Å². The molecule has 0 saturated carbocycles. The summed E-state index contributed by atoms with van der Waals surface area (Å²) in [6, 6.07) is 0. The van der Waals surface area contributed by atoms with Gasteiger partial charge in [-0.05, 0) is 0 Å². The number of hydrogen-bond donors (Lipinski definition) is 0. The van der Waals surface area contributed by atoms with Gasteiger partial charge >= 0.3 is 0 Å². The van der Waals surface area contributed by atoms with Crippen molar-refractivity contribution < 1.29 is 0 Å². The Bertz CT molecular complexity index is 14.4. The van der Waals surface area contributed by atoms with Crippen molar-refractivity contribution in [1.82, 2.24) is 0 Å². The summed E-state index contributed by atoms with van der Waals surface area (Å²) in [5.74, 6) is 0. The molecule has 5 heavy (non-hydrogen) atoms. The number of rotatable bonds is 2. The first kappa shape index (κ1) is 5.35. The molecule has 29 valence electrons. The van der Waals surface area contributed by atoms with E-state index in [-0.39, 0.29) is 0 Å². The summed E-state index contributed by atoms with van der Waals surface area (Å²) in [5.41, 5.74) is 0. The average molecular weight is 89.4 g/mol. The standard InChI is InChI=1S/C3H7BCl/c1-2-3-4-5/h2-3H2,1H3. The van der Waals surface area contributed by atoms with Crippen LogP contribution in [0.5, 0.6) is 0 Å². The lowest BCUT2D eigenvalue weighted by Gasteiger charge is -1.74. The Balaban J connectivity index is 2.19. The van der Waals surface area contributed by atoms with Gasteiger partial charge in [-0.15, -0.1) is 0 Å². The number of halogens is 1. The second kappa shape index (κ2) is 4.35. The smallest absolute Gasteiger partial charge is 0.204 e. The Labute approximate surface area is 38.7 Å². The van der Waals surface area contributed by atoms with Gasteiger partial charge in [-0.3, -0.25) is 0 Å². The van der Waals surface area contributed by atoms with Gasteiger partial charge in [-0.2, -0.15) is 0 Å². The highest BCUT2D eigenvalue weighted by atomic mass is 35.5.